The van der Waals surface area contributed by atoms with Gasteiger partial charge in [0.1, 0.15) is 0 Å². The number of non-ortho nitro benzene ring substituents is 1. The summed E-state index contributed by atoms with van der Waals surface area (Å²) >= 11 is 0.362. The van der Waals surface area contributed by atoms with Gasteiger partial charge in [-0.25, -0.2) is 0 Å². The minimum absolute atomic E-state index is 0.0382. The summed E-state index contributed by atoms with van der Waals surface area (Å²) in [5.74, 6) is -0.873. The summed E-state index contributed by atoms with van der Waals surface area (Å²) in [5, 5.41) is 10.4. The van der Waals surface area contributed by atoms with Gasteiger partial charge in [0, 0.05) is 0 Å². The molecule has 1 aliphatic heterocycles. The van der Waals surface area contributed by atoms with Crippen molar-refractivity contribution in [1.82, 2.24) is 4.90 Å². The van der Waals surface area contributed by atoms with Crippen LogP contribution in [0.1, 0.15) is 12.5 Å². The van der Waals surface area contributed by atoms with E-state index in [2.05, 4.69) is 6.58 Å². The molecule has 8 nitrogen and oxygen atoms in total. The number of nitro groups is 1. The van der Waals surface area contributed by atoms with Crippen LogP contribution in [0, 0.1) is 10.1 Å². The zero-order valence-electron chi connectivity index (χ0n) is 13.6. The summed E-state index contributed by atoms with van der Waals surface area (Å²) in [4.78, 5) is 36.1. The SMILES string of the molecule is C=C(C)C(C(=O)OCc1ccc([N+](=O)[O-])cc1)N1C(=O)C(N)C1[S][Hg]. The van der Waals surface area contributed by atoms with Crippen LogP contribution in [0.5, 0.6) is 0 Å². The van der Waals surface area contributed by atoms with Gasteiger partial charge in [0.15, 0.2) is 0 Å². The van der Waals surface area contributed by atoms with E-state index >= 15 is 0 Å². The van der Waals surface area contributed by atoms with Crippen molar-refractivity contribution in [2.75, 3.05) is 0 Å². The summed E-state index contributed by atoms with van der Waals surface area (Å²) in [6.07, 6.45) is 0. The molecule has 1 heterocycles. The number of benzene rings is 1. The fraction of sp³-hybridized carbons (Fsp3) is 0.333. The number of ether oxygens (including phenoxy) is 1. The number of rotatable bonds is 7. The summed E-state index contributed by atoms with van der Waals surface area (Å²) in [7, 11) is 1.58. The number of amides is 1. The Hall–Kier alpha value is -1.45. The normalized spacial score (nSPS) is 20.6. The van der Waals surface area contributed by atoms with E-state index in [-0.39, 0.29) is 23.6 Å². The van der Waals surface area contributed by atoms with Crippen LogP contribution >= 0.6 is 8.24 Å². The van der Waals surface area contributed by atoms with Gasteiger partial charge in [-0.05, 0) is 0 Å². The molecule has 2 N–H and O–H groups in total. The van der Waals surface area contributed by atoms with Crippen molar-refractivity contribution < 1.29 is 43.9 Å². The number of nitro benzene ring substituents is 1. The van der Waals surface area contributed by atoms with Gasteiger partial charge in [-0.1, -0.05) is 0 Å². The van der Waals surface area contributed by atoms with E-state index in [1.807, 2.05) is 0 Å². The first-order chi connectivity index (χ1) is 11.8. The maximum atomic E-state index is 12.5. The van der Waals surface area contributed by atoms with Crippen LogP contribution in [0.25, 0.3) is 0 Å². The number of nitrogens with two attached hydrogens (primary N) is 1. The molecule has 0 radical (unpaired) electrons. The standard InChI is InChI=1S/C15H17N3O5S.Hg/c1-8(2)12(17-13(19)11(16)14(17)24)15(20)23-7-9-3-5-10(6-4-9)18(21)22;/h3-6,11-12,14,24H,1,7,16H2,2H3;/q;+1/p-1. The van der Waals surface area contributed by atoms with Gasteiger partial charge in [0.05, 0.1) is 0 Å². The quantitative estimate of drug-likeness (QED) is 0.136. The molecule has 1 aromatic carbocycles. The van der Waals surface area contributed by atoms with Gasteiger partial charge in [0.25, 0.3) is 0 Å². The van der Waals surface area contributed by atoms with Crippen molar-refractivity contribution in [1.29, 1.82) is 0 Å². The van der Waals surface area contributed by atoms with Gasteiger partial charge in [-0.15, -0.1) is 0 Å². The van der Waals surface area contributed by atoms with E-state index in [1.54, 1.807) is 15.2 Å². The van der Waals surface area contributed by atoms with Crippen LogP contribution in [0.4, 0.5) is 5.69 Å². The van der Waals surface area contributed by atoms with Crippen LogP contribution in [0.15, 0.2) is 36.4 Å². The zero-order valence-corrected chi connectivity index (χ0v) is 19.9. The first kappa shape index (κ1) is 19.9. The summed E-state index contributed by atoms with van der Waals surface area (Å²) in [5.41, 5.74) is 6.87. The molecule has 25 heavy (non-hydrogen) atoms. The third-order valence-corrected chi connectivity index (χ3v) is 8.63. The van der Waals surface area contributed by atoms with Gasteiger partial charge in [-0.2, -0.15) is 0 Å². The Morgan fingerprint density at radius 3 is 2.60 bits per heavy atom. The molecule has 1 aliphatic rings. The average molecular weight is 551 g/mol. The van der Waals surface area contributed by atoms with E-state index in [1.165, 1.54) is 29.2 Å². The first-order valence-electron chi connectivity index (χ1n) is 7.32. The van der Waals surface area contributed by atoms with Crippen LogP contribution in [0.3, 0.4) is 0 Å². The Labute approximate surface area is 163 Å². The summed E-state index contributed by atoms with van der Waals surface area (Å²) < 4.78 is 5.29. The molecule has 2 rings (SSSR count). The van der Waals surface area contributed by atoms with Crippen molar-refractivity contribution in [3.63, 3.8) is 0 Å². The molecule has 3 atom stereocenters. The molecule has 0 bridgehead atoms. The fourth-order valence-electron chi connectivity index (χ4n) is 2.47. The Bertz CT molecular complexity index is 712. The van der Waals surface area contributed by atoms with Crippen molar-refractivity contribution in [3.8, 4) is 0 Å². The average Bonchev–Trinajstić information content (AvgIpc) is 2.59. The van der Waals surface area contributed by atoms with E-state index < -0.39 is 23.0 Å². The van der Waals surface area contributed by atoms with Crippen molar-refractivity contribution in [2.45, 2.75) is 31.0 Å². The van der Waals surface area contributed by atoms with E-state index in [0.717, 1.165) is 0 Å². The number of carbonyl (C=O) groups is 2. The van der Waals surface area contributed by atoms with Crippen LogP contribution in [0.2, 0.25) is 0 Å². The molecule has 3 unspecified atom stereocenters. The second-order valence-electron chi connectivity index (χ2n) is 5.61. The monoisotopic (exact) mass is 552 g/mol. The molecule has 1 aromatic rings. The third kappa shape index (κ3) is 4.21. The number of hydrogen-bond acceptors (Lipinski definition) is 7. The van der Waals surface area contributed by atoms with E-state index in [4.69, 9.17) is 10.5 Å². The van der Waals surface area contributed by atoms with Gasteiger partial charge >= 0.3 is 153 Å². The number of likely N-dealkylation sites (tertiary alicyclic amines) is 1. The second kappa shape index (κ2) is 8.28. The second-order valence-corrected chi connectivity index (χ2v) is 10.3. The van der Waals surface area contributed by atoms with Crippen molar-refractivity contribution in [2.24, 2.45) is 5.73 Å². The molecule has 1 fully saturated rings. The number of esters is 1. The van der Waals surface area contributed by atoms with Gasteiger partial charge < -0.3 is 0 Å². The Balaban J connectivity index is 2.05. The van der Waals surface area contributed by atoms with Gasteiger partial charge in [0.2, 0.25) is 0 Å². The minimum atomic E-state index is -0.869. The predicted octanol–water partition coefficient (Wildman–Crippen LogP) is 1.27. The molecule has 0 aromatic heterocycles. The van der Waals surface area contributed by atoms with Gasteiger partial charge in [-0.3, -0.25) is 10.1 Å². The van der Waals surface area contributed by atoms with Crippen molar-refractivity contribution in [3.05, 3.63) is 52.1 Å². The topological polar surface area (TPSA) is 116 Å². The predicted molar refractivity (Wildman–Crippen MR) is 87.7 cm³/mol. The summed E-state index contributed by atoms with van der Waals surface area (Å²) in [6.45, 7) is 5.41. The zero-order chi connectivity index (χ0) is 18.7. The van der Waals surface area contributed by atoms with Crippen LogP contribution in [-0.2, 0) is 45.5 Å². The summed E-state index contributed by atoms with van der Waals surface area (Å²) in [6, 6.07) is 4.26. The molecule has 0 aliphatic carbocycles. The first-order valence-corrected chi connectivity index (χ1v) is 15.1. The number of nitrogens with zero attached hydrogens (tertiary/aromatic N) is 2. The maximum absolute atomic E-state index is 12.5. The third-order valence-electron chi connectivity index (χ3n) is 3.79. The van der Waals surface area contributed by atoms with Crippen molar-refractivity contribution >= 4 is 25.8 Å². The Kier molecular flexibility index (Phi) is 6.58. The molecule has 0 spiro atoms. The van der Waals surface area contributed by atoms with E-state index in [0.29, 0.717) is 35.7 Å². The number of β-lactam (4-membered cyclic amide) rings is 1. The van der Waals surface area contributed by atoms with E-state index in [9.17, 15) is 19.7 Å². The fourth-order valence-corrected chi connectivity index (χ4v) is 7.47. The Morgan fingerprint density at radius 2 is 2.12 bits per heavy atom. The van der Waals surface area contributed by atoms with Crippen LogP contribution < -0.4 is 5.73 Å². The molecular formula is C15H16HgN3O5S. The molecule has 129 valence electrons. The Morgan fingerprint density at radius 1 is 1.52 bits per heavy atom. The van der Waals surface area contributed by atoms with Crippen LogP contribution in [-0.4, -0.2) is 39.2 Å². The molecular weight excluding hydrogens is 535 g/mol. The molecule has 1 saturated heterocycles. The molecule has 1 amide bonds. The number of hydrogen-bond donors (Lipinski definition) is 1. The number of carbonyl (C=O) groups excluding carboxylic acids is 2. The molecule has 0 saturated carbocycles. The molecule has 10 heteroatoms.